The lowest BCUT2D eigenvalue weighted by molar-refractivity contribution is 0.164. The molecule has 3 rings (SSSR count). The van der Waals surface area contributed by atoms with Gasteiger partial charge in [-0.25, -0.2) is 9.78 Å². The summed E-state index contributed by atoms with van der Waals surface area (Å²) >= 11 is 0. The van der Waals surface area contributed by atoms with Crippen molar-refractivity contribution in [1.82, 2.24) is 19.8 Å². The smallest absolute Gasteiger partial charge is 0.317 e. The number of nitrogens with one attached hydrogen (secondary N) is 1. The van der Waals surface area contributed by atoms with Gasteiger partial charge in [0.1, 0.15) is 5.82 Å². The fraction of sp³-hybridized carbons (Fsp3) is 0.765. The Balaban J connectivity index is 1.61. The predicted molar refractivity (Wildman–Crippen MR) is 86.8 cm³/mol. The maximum Gasteiger partial charge on any atom is 0.317 e. The van der Waals surface area contributed by atoms with Crippen LogP contribution >= 0.6 is 0 Å². The lowest BCUT2D eigenvalue weighted by atomic mass is 9.94. The van der Waals surface area contributed by atoms with Crippen molar-refractivity contribution in [2.75, 3.05) is 19.6 Å². The first-order valence-corrected chi connectivity index (χ1v) is 8.71. The van der Waals surface area contributed by atoms with Gasteiger partial charge in [0.05, 0.1) is 0 Å². The van der Waals surface area contributed by atoms with Crippen molar-refractivity contribution in [3.8, 4) is 0 Å². The highest BCUT2D eigenvalue weighted by Gasteiger charge is 2.27. The summed E-state index contributed by atoms with van der Waals surface area (Å²) in [4.78, 5) is 18.6. The number of hydrogen-bond donors (Lipinski definition) is 1. The minimum Gasteiger partial charge on any atom is -0.338 e. The Morgan fingerprint density at radius 1 is 1.36 bits per heavy atom. The van der Waals surface area contributed by atoms with Crippen LogP contribution in [-0.4, -0.2) is 40.1 Å². The van der Waals surface area contributed by atoms with E-state index in [0.29, 0.717) is 12.5 Å². The SMILES string of the molecule is CCNC(=O)N1CCCC(Cc2ncc(C)n2CC2CC2)C1. The molecule has 1 saturated heterocycles. The summed E-state index contributed by atoms with van der Waals surface area (Å²) in [6.45, 7) is 7.70. The van der Waals surface area contributed by atoms with Gasteiger partial charge in [-0.3, -0.25) is 0 Å². The average Bonchev–Trinajstić information content (AvgIpc) is 3.27. The van der Waals surface area contributed by atoms with Crippen LogP contribution in [0.3, 0.4) is 0 Å². The van der Waals surface area contributed by atoms with Crippen LogP contribution in [0.2, 0.25) is 0 Å². The normalized spacial score (nSPS) is 21.9. The minimum absolute atomic E-state index is 0.0877. The molecule has 22 heavy (non-hydrogen) atoms. The molecule has 1 aliphatic heterocycles. The summed E-state index contributed by atoms with van der Waals surface area (Å²) in [5.41, 5.74) is 1.28. The van der Waals surface area contributed by atoms with E-state index in [4.69, 9.17) is 0 Å². The molecule has 2 heterocycles. The number of nitrogens with zero attached hydrogens (tertiary/aromatic N) is 3. The number of carbonyl (C=O) groups excluding carboxylic acids is 1. The van der Waals surface area contributed by atoms with Gasteiger partial charge < -0.3 is 14.8 Å². The number of rotatable bonds is 5. The average molecular weight is 304 g/mol. The Labute approximate surface area is 133 Å². The molecular formula is C17H28N4O. The minimum atomic E-state index is 0.0877. The van der Waals surface area contributed by atoms with Crippen molar-refractivity contribution in [1.29, 1.82) is 0 Å². The van der Waals surface area contributed by atoms with Crippen LogP contribution in [0.4, 0.5) is 4.79 Å². The molecule has 1 aromatic heterocycles. The maximum absolute atomic E-state index is 12.0. The van der Waals surface area contributed by atoms with E-state index in [9.17, 15) is 4.79 Å². The Morgan fingerprint density at radius 2 is 2.18 bits per heavy atom. The molecule has 1 saturated carbocycles. The fourth-order valence-corrected chi connectivity index (χ4v) is 3.42. The second-order valence-electron chi connectivity index (χ2n) is 6.86. The molecule has 2 amide bonds. The highest BCUT2D eigenvalue weighted by Crippen LogP contribution is 2.32. The van der Waals surface area contributed by atoms with Gasteiger partial charge in [0.25, 0.3) is 0 Å². The van der Waals surface area contributed by atoms with E-state index in [2.05, 4.69) is 21.8 Å². The van der Waals surface area contributed by atoms with Crippen molar-refractivity contribution >= 4 is 6.03 Å². The Hall–Kier alpha value is -1.52. The standard InChI is InChI=1S/C17H28N4O/c1-3-18-17(22)20-8-4-5-15(11-20)9-16-19-10-13(2)21(16)12-14-6-7-14/h10,14-15H,3-9,11-12H2,1-2H3,(H,18,22). The summed E-state index contributed by atoms with van der Waals surface area (Å²) in [7, 11) is 0. The van der Waals surface area contributed by atoms with Crippen molar-refractivity contribution in [2.45, 2.75) is 52.5 Å². The van der Waals surface area contributed by atoms with Crippen molar-refractivity contribution < 1.29 is 4.79 Å². The van der Waals surface area contributed by atoms with E-state index in [1.54, 1.807) is 0 Å². The van der Waals surface area contributed by atoms with Gasteiger partial charge in [-0.1, -0.05) is 0 Å². The summed E-state index contributed by atoms with van der Waals surface area (Å²) < 4.78 is 2.41. The first-order chi connectivity index (χ1) is 10.7. The fourth-order valence-electron chi connectivity index (χ4n) is 3.42. The van der Waals surface area contributed by atoms with Crippen LogP contribution in [0, 0.1) is 18.8 Å². The maximum atomic E-state index is 12.0. The third-order valence-corrected chi connectivity index (χ3v) is 4.88. The summed E-state index contributed by atoms with van der Waals surface area (Å²) in [5, 5.41) is 2.92. The molecule has 0 aromatic carbocycles. The first kappa shape index (κ1) is 15.4. The topological polar surface area (TPSA) is 50.2 Å². The lowest BCUT2D eigenvalue weighted by Gasteiger charge is -2.32. The molecule has 1 aliphatic carbocycles. The number of likely N-dealkylation sites (tertiary alicyclic amines) is 1. The third-order valence-electron chi connectivity index (χ3n) is 4.88. The van der Waals surface area contributed by atoms with Gasteiger partial charge in [0.15, 0.2) is 0 Å². The number of aryl methyl sites for hydroxylation is 1. The molecule has 1 atom stereocenters. The van der Waals surface area contributed by atoms with Crippen molar-refractivity contribution in [3.63, 3.8) is 0 Å². The van der Waals surface area contributed by atoms with E-state index in [1.807, 2.05) is 18.0 Å². The Morgan fingerprint density at radius 3 is 2.91 bits per heavy atom. The first-order valence-electron chi connectivity index (χ1n) is 8.71. The third kappa shape index (κ3) is 3.62. The lowest BCUT2D eigenvalue weighted by Crippen LogP contribution is -2.45. The second kappa shape index (κ2) is 6.71. The van der Waals surface area contributed by atoms with Gasteiger partial charge in [0, 0.05) is 44.5 Å². The molecule has 0 spiro atoms. The van der Waals surface area contributed by atoms with Crippen LogP contribution in [-0.2, 0) is 13.0 Å². The monoisotopic (exact) mass is 304 g/mol. The zero-order chi connectivity index (χ0) is 15.5. The van der Waals surface area contributed by atoms with E-state index in [-0.39, 0.29) is 6.03 Å². The quantitative estimate of drug-likeness (QED) is 0.909. The number of urea groups is 1. The summed E-state index contributed by atoms with van der Waals surface area (Å²) in [6, 6.07) is 0.0877. The number of amides is 2. The number of aromatic nitrogens is 2. The number of imidazole rings is 1. The second-order valence-corrected chi connectivity index (χ2v) is 6.86. The predicted octanol–water partition coefficient (Wildman–Crippen LogP) is 2.59. The van der Waals surface area contributed by atoms with E-state index in [1.165, 1.54) is 30.8 Å². The molecule has 1 aromatic rings. The van der Waals surface area contributed by atoms with Crippen LogP contribution < -0.4 is 5.32 Å². The largest absolute Gasteiger partial charge is 0.338 e. The van der Waals surface area contributed by atoms with Crippen LogP contribution in [0.1, 0.15) is 44.1 Å². The van der Waals surface area contributed by atoms with Gasteiger partial charge in [-0.05, 0) is 51.4 Å². The van der Waals surface area contributed by atoms with Crippen molar-refractivity contribution in [2.24, 2.45) is 11.8 Å². The molecule has 1 N–H and O–H groups in total. The number of piperidine rings is 1. The van der Waals surface area contributed by atoms with E-state index < -0.39 is 0 Å². The molecule has 1 unspecified atom stereocenters. The zero-order valence-corrected chi connectivity index (χ0v) is 13.8. The summed E-state index contributed by atoms with van der Waals surface area (Å²) in [5.74, 6) is 2.62. The molecule has 2 fully saturated rings. The Bertz CT molecular complexity index is 521. The van der Waals surface area contributed by atoms with Gasteiger partial charge in [0.2, 0.25) is 0 Å². The number of hydrogen-bond acceptors (Lipinski definition) is 2. The van der Waals surface area contributed by atoms with Gasteiger partial charge in [-0.2, -0.15) is 0 Å². The highest BCUT2D eigenvalue weighted by molar-refractivity contribution is 5.74. The molecular weight excluding hydrogens is 276 g/mol. The molecule has 5 nitrogen and oxygen atoms in total. The van der Waals surface area contributed by atoms with Gasteiger partial charge in [-0.15, -0.1) is 0 Å². The molecule has 2 aliphatic rings. The van der Waals surface area contributed by atoms with Crippen LogP contribution in [0.15, 0.2) is 6.20 Å². The summed E-state index contributed by atoms with van der Waals surface area (Å²) in [6.07, 6.45) is 8.03. The molecule has 5 heteroatoms. The molecule has 122 valence electrons. The number of carbonyl (C=O) groups is 1. The van der Waals surface area contributed by atoms with Gasteiger partial charge >= 0.3 is 6.03 Å². The molecule has 0 bridgehead atoms. The Kier molecular flexibility index (Phi) is 4.69. The molecule has 0 radical (unpaired) electrons. The van der Waals surface area contributed by atoms with E-state index >= 15 is 0 Å². The van der Waals surface area contributed by atoms with Crippen LogP contribution in [0.5, 0.6) is 0 Å². The van der Waals surface area contributed by atoms with Crippen LogP contribution in [0.25, 0.3) is 0 Å². The van der Waals surface area contributed by atoms with Crippen molar-refractivity contribution in [3.05, 3.63) is 17.7 Å². The van der Waals surface area contributed by atoms with E-state index in [0.717, 1.165) is 38.4 Å². The highest BCUT2D eigenvalue weighted by atomic mass is 16.2. The zero-order valence-electron chi connectivity index (χ0n) is 13.8.